The Balaban J connectivity index is 2.14. The van der Waals surface area contributed by atoms with E-state index in [0.29, 0.717) is 35.1 Å². The normalized spacial score (nSPS) is 10.3. The molecular weight excluding hydrogens is 442 g/mol. The summed E-state index contributed by atoms with van der Waals surface area (Å²) < 4.78 is 21.7. The van der Waals surface area contributed by atoms with Gasteiger partial charge in [0.25, 0.3) is 5.91 Å². The van der Waals surface area contributed by atoms with E-state index in [1.165, 1.54) is 0 Å². The van der Waals surface area contributed by atoms with E-state index in [0.717, 1.165) is 5.56 Å². The summed E-state index contributed by atoms with van der Waals surface area (Å²) in [5.74, 6) is 8.64. The fraction of sp³-hybridized carbons (Fsp3) is 0.269. The van der Waals surface area contributed by atoms with Gasteiger partial charge >= 0.3 is 0 Å². The summed E-state index contributed by atoms with van der Waals surface area (Å²) >= 11 is 6.26. The Kier molecular flexibility index (Phi) is 10.4. The molecule has 0 saturated carbocycles. The number of nitrogens with one attached hydrogen (secondary N) is 1. The molecule has 2 rings (SSSR count). The monoisotopic (exact) mass is 465 g/mol. The van der Waals surface area contributed by atoms with Gasteiger partial charge in [0.15, 0.2) is 17.2 Å². The van der Waals surface area contributed by atoms with Crippen LogP contribution in [0.25, 0.3) is 0 Å². The van der Waals surface area contributed by atoms with E-state index in [1.807, 2.05) is 12.1 Å². The fourth-order valence-corrected chi connectivity index (χ4v) is 3.07. The number of hydrogen-bond donors (Lipinski definition) is 1. The molecule has 6 nitrogen and oxygen atoms in total. The maximum Gasteiger partial charge on any atom is 0.267 e. The number of hydrogen-bond acceptors (Lipinski definition) is 5. The van der Waals surface area contributed by atoms with Gasteiger partial charge in [-0.25, -0.2) is 0 Å². The van der Waals surface area contributed by atoms with Crippen molar-refractivity contribution >= 4 is 17.5 Å². The molecule has 1 N–H and O–H groups in total. The Hall–Kier alpha value is -3.92. The lowest BCUT2D eigenvalue weighted by molar-refractivity contribution is -0.129. The second-order valence-corrected chi connectivity index (χ2v) is 6.89. The van der Waals surface area contributed by atoms with Crippen LogP contribution in [0.4, 0.5) is 0 Å². The molecule has 0 spiro atoms. The Labute approximate surface area is 199 Å². The smallest absolute Gasteiger partial charge is 0.267 e. The summed E-state index contributed by atoms with van der Waals surface area (Å²) in [4.78, 5) is 13.0. The number of para-hydroxylation sites is 1. The van der Waals surface area contributed by atoms with Crippen LogP contribution in [0.1, 0.15) is 31.1 Å². The van der Waals surface area contributed by atoms with Crippen LogP contribution in [0.5, 0.6) is 17.2 Å². The van der Waals surface area contributed by atoms with Crippen molar-refractivity contribution in [2.24, 2.45) is 0 Å². The minimum Gasteiger partial charge on any atom is -0.493 e. The minimum atomic E-state index is -1.06. The number of carbonyl (C=O) groups is 1. The van der Waals surface area contributed by atoms with Crippen LogP contribution < -0.4 is 19.5 Å². The maximum atomic E-state index is 13.0. The third-order valence-electron chi connectivity index (χ3n) is 4.30. The quantitative estimate of drug-likeness (QED) is 0.535. The number of methoxy groups -OCH3 is 1. The molecule has 1 atom stereocenters. The highest BCUT2D eigenvalue weighted by Gasteiger charge is 2.27. The minimum absolute atomic E-state index is 0.146. The van der Waals surface area contributed by atoms with E-state index in [2.05, 4.69) is 35.3 Å². The predicted octanol–water partition coefficient (Wildman–Crippen LogP) is 4.12. The second-order valence-electron chi connectivity index (χ2n) is 6.48. The number of amides is 1. The van der Waals surface area contributed by atoms with Crippen molar-refractivity contribution in [2.75, 3.05) is 20.3 Å². The van der Waals surface area contributed by atoms with E-state index in [1.54, 1.807) is 45.2 Å². The first-order chi connectivity index (χ1) is 16.0. The summed E-state index contributed by atoms with van der Waals surface area (Å²) in [6, 6.07) is 10.5. The summed E-state index contributed by atoms with van der Waals surface area (Å²) in [6.07, 6.45) is 9.71. The molecule has 0 saturated heterocycles. The van der Waals surface area contributed by atoms with Crippen LogP contribution in [0.2, 0.25) is 5.02 Å². The Morgan fingerprint density at radius 3 is 2.64 bits per heavy atom. The molecule has 33 heavy (non-hydrogen) atoms. The molecule has 0 radical (unpaired) electrons. The molecule has 2 aromatic rings. The lowest BCUT2D eigenvalue weighted by Crippen LogP contribution is -2.32. The molecular formula is C26H24ClNO5. The van der Waals surface area contributed by atoms with Crippen molar-refractivity contribution in [3.8, 4) is 53.6 Å². The average molecular weight is 466 g/mol. The Bertz CT molecular complexity index is 1130. The van der Waals surface area contributed by atoms with Crippen LogP contribution >= 0.6 is 11.6 Å². The highest BCUT2D eigenvalue weighted by atomic mass is 35.5. The van der Waals surface area contributed by atoms with Crippen molar-refractivity contribution in [2.45, 2.75) is 26.4 Å². The zero-order valence-corrected chi connectivity index (χ0v) is 19.4. The highest BCUT2D eigenvalue weighted by Crippen LogP contribution is 2.34. The topological polar surface area (TPSA) is 66.0 Å². The second kappa shape index (κ2) is 13.5. The molecule has 0 heterocycles. The lowest BCUT2D eigenvalue weighted by atomic mass is 10.1. The van der Waals surface area contributed by atoms with E-state index in [4.69, 9.17) is 37.0 Å². The lowest BCUT2D eigenvalue weighted by Gasteiger charge is -2.18. The first kappa shape index (κ1) is 25.3. The van der Waals surface area contributed by atoms with Gasteiger partial charge in [-0.05, 0) is 30.2 Å². The Morgan fingerprint density at radius 1 is 1.15 bits per heavy atom. The van der Waals surface area contributed by atoms with Crippen molar-refractivity contribution in [3.63, 3.8) is 0 Å². The summed E-state index contributed by atoms with van der Waals surface area (Å²) in [7, 11) is 1.55. The summed E-state index contributed by atoms with van der Waals surface area (Å²) in [6.45, 7) is 3.73. The first-order valence-corrected chi connectivity index (χ1v) is 10.4. The molecule has 0 aliphatic carbocycles. The highest BCUT2D eigenvalue weighted by molar-refractivity contribution is 6.32. The predicted molar refractivity (Wildman–Crippen MR) is 127 cm³/mol. The SMILES string of the molecule is C#CCOc1ccc(CCNC(=O)C(OC#CC)c2cccc(Cl)c2OC#CC)cc1OC. The number of ether oxygens (including phenoxy) is 4. The fourth-order valence-electron chi connectivity index (χ4n) is 2.85. The standard InChI is InChI=1S/C26H24ClNO5/c1-5-15-31-22-12-11-19(18-23(22)30-4)13-14-28-26(29)25(33-17-7-3)20-9-8-10-21(27)24(20)32-16-6-2/h1,8-12,18,25H,13-15H2,2-4H3,(H,28,29). The maximum absolute atomic E-state index is 13.0. The number of carbonyl (C=O) groups excluding carboxylic acids is 1. The van der Waals surface area contributed by atoms with E-state index < -0.39 is 12.0 Å². The van der Waals surface area contributed by atoms with Crippen LogP contribution in [0, 0.1) is 36.4 Å². The molecule has 1 amide bonds. The Morgan fingerprint density at radius 2 is 1.94 bits per heavy atom. The van der Waals surface area contributed by atoms with Gasteiger partial charge in [0.1, 0.15) is 18.8 Å². The molecule has 170 valence electrons. The molecule has 1 unspecified atom stereocenters. The number of terminal acetylenes is 1. The van der Waals surface area contributed by atoms with Gasteiger partial charge in [-0.2, -0.15) is 0 Å². The van der Waals surface area contributed by atoms with Crippen LogP contribution in [-0.2, 0) is 16.0 Å². The van der Waals surface area contributed by atoms with Gasteiger partial charge in [-0.1, -0.05) is 47.6 Å². The molecule has 0 fully saturated rings. The number of rotatable bonds is 10. The van der Waals surface area contributed by atoms with Crippen molar-refractivity contribution in [1.29, 1.82) is 0 Å². The molecule has 2 aromatic carbocycles. The van der Waals surface area contributed by atoms with Crippen molar-refractivity contribution in [3.05, 3.63) is 52.5 Å². The third-order valence-corrected chi connectivity index (χ3v) is 4.60. The summed E-state index contributed by atoms with van der Waals surface area (Å²) in [5.41, 5.74) is 1.36. The average Bonchev–Trinajstić information content (AvgIpc) is 2.82. The van der Waals surface area contributed by atoms with Crippen molar-refractivity contribution < 1.29 is 23.7 Å². The molecule has 0 bridgehead atoms. The van der Waals surface area contributed by atoms with Gasteiger partial charge in [0, 0.05) is 26.0 Å². The van der Waals surface area contributed by atoms with Crippen molar-refractivity contribution in [1.82, 2.24) is 5.32 Å². The largest absolute Gasteiger partial charge is 0.493 e. The van der Waals surface area contributed by atoms with Crippen LogP contribution in [-0.4, -0.2) is 26.2 Å². The number of halogens is 1. The number of benzene rings is 2. The van der Waals surface area contributed by atoms with Crippen LogP contribution in [0.3, 0.4) is 0 Å². The van der Waals surface area contributed by atoms with Crippen LogP contribution in [0.15, 0.2) is 36.4 Å². The first-order valence-electron chi connectivity index (χ1n) is 10.0. The third kappa shape index (κ3) is 7.32. The van der Waals surface area contributed by atoms with Gasteiger partial charge in [0.2, 0.25) is 6.10 Å². The summed E-state index contributed by atoms with van der Waals surface area (Å²) in [5, 5.41) is 3.17. The van der Waals surface area contributed by atoms with E-state index >= 15 is 0 Å². The molecule has 0 aliphatic heterocycles. The molecule has 0 aliphatic rings. The molecule has 0 aromatic heterocycles. The van der Waals surface area contributed by atoms with Gasteiger partial charge in [0.05, 0.1) is 12.1 Å². The van der Waals surface area contributed by atoms with Gasteiger partial charge in [-0.15, -0.1) is 6.42 Å². The zero-order valence-electron chi connectivity index (χ0n) is 18.7. The van der Waals surface area contributed by atoms with E-state index in [9.17, 15) is 4.79 Å². The zero-order chi connectivity index (χ0) is 24.1. The molecule has 7 heteroatoms. The van der Waals surface area contributed by atoms with Gasteiger partial charge < -0.3 is 24.3 Å². The van der Waals surface area contributed by atoms with E-state index in [-0.39, 0.29) is 12.4 Å². The van der Waals surface area contributed by atoms with Gasteiger partial charge in [-0.3, -0.25) is 4.79 Å².